The number of ether oxygens (including phenoxy) is 3. The number of fused-ring (bicyclic) bond motifs is 3. The van der Waals surface area contributed by atoms with Gasteiger partial charge in [0.25, 0.3) is 0 Å². The number of para-hydroxylation sites is 1. The van der Waals surface area contributed by atoms with Crippen LogP contribution in [0.1, 0.15) is 76.6 Å². The number of allylic oxidation sites excluding steroid dienone is 1. The molecule has 2 aromatic rings. The van der Waals surface area contributed by atoms with E-state index in [2.05, 4.69) is 25.9 Å². The Labute approximate surface area is 254 Å². The van der Waals surface area contributed by atoms with E-state index in [1.807, 2.05) is 63.3 Å². The largest absolute Gasteiger partial charge is 0.451 e. The number of carbonyl (C=O) groups excluding carboxylic acids is 2. The minimum absolute atomic E-state index is 0.0534. The first-order valence-corrected chi connectivity index (χ1v) is 15.4. The molecule has 4 aliphatic rings. The van der Waals surface area contributed by atoms with E-state index in [4.69, 9.17) is 14.2 Å². The zero-order valence-corrected chi connectivity index (χ0v) is 26.7. The number of esters is 1. The van der Waals surface area contributed by atoms with Crippen LogP contribution >= 0.6 is 0 Å². The molecule has 3 aliphatic carbocycles. The van der Waals surface area contributed by atoms with Crippen molar-refractivity contribution in [1.82, 2.24) is 9.78 Å². The summed E-state index contributed by atoms with van der Waals surface area (Å²) in [4.78, 5) is 29.0. The molecule has 1 saturated carbocycles. The third kappa shape index (κ3) is 4.09. The second kappa shape index (κ2) is 9.71. The lowest BCUT2D eigenvalue weighted by Crippen LogP contribution is -2.68. The molecule has 1 aliphatic heterocycles. The monoisotopic (exact) mass is 588 g/mol. The number of hydrogen-bond acceptors (Lipinski definition) is 7. The molecule has 1 spiro atoms. The van der Waals surface area contributed by atoms with Crippen molar-refractivity contribution in [1.29, 1.82) is 0 Å². The van der Waals surface area contributed by atoms with Gasteiger partial charge in [0.15, 0.2) is 23.3 Å². The summed E-state index contributed by atoms with van der Waals surface area (Å²) in [6.07, 6.45) is 2.56. The molecule has 2 unspecified atom stereocenters. The van der Waals surface area contributed by atoms with Crippen molar-refractivity contribution < 1.29 is 28.9 Å². The highest BCUT2D eigenvalue weighted by Gasteiger charge is 2.74. The molecule has 0 amide bonds. The molecule has 1 saturated heterocycles. The van der Waals surface area contributed by atoms with Crippen molar-refractivity contribution in [3.8, 4) is 5.69 Å². The average molecular weight is 589 g/mol. The quantitative estimate of drug-likeness (QED) is 0.364. The molecule has 7 atom stereocenters. The number of aliphatic hydroxyl groups is 1. The SMILES string of the molecule is CC1=CC23C(=O)[C@@H](C=C4COC(C)(C)O[C@H]4[C@]2(O)[C@H]1OC(=O)c1c(C)nn(-c2ccccc2)c1C)C(C)(C)[C@@H](C)CC3C. The fraction of sp³-hybridized carbons (Fsp3) is 0.571. The van der Waals surface area contributed by atoms with Crippen LogP contribution in [0.4, 0.5) is 0 Å². The Morgan fingerprint density at radius 1 is 1.07 bits per heavy atom. The minimum atomic E-state index is -1.89. The lowest BCUT2D eigenvalue weighted by molar-refractivity contribution is -0.302. The summed E-state index contributed by atoms with van der Waals surface area (Å²) in [6.45, 7) is 17.8. The zero-order valence-electron chi connectivity index (χ0n) is 26.7. The van der Waals surface area contributed by atoms with Crippen LogP contribution in [0.2, 0.25) is 0 Å². The molecule has 43 heavy (non-hydrogen) atoms. The van der Waals surface area contributed by atoms with E-state index in [0.717, 1.165) is 12.1 Å². The lowest BCUT2D eigenvalue weighted by atomic mass is 9.59. The van der Waals surface area contributed by atoms with Crippen LogP contribution in [0.3, 0.4) is 0 Å². The van der Waals surface area contributed by atoms with Crippen molar-refractivity contribution in [2.45, 2.75) is 92.3 Å². The van der Waals surface area contributed by atoms with Gasteiger partial charge in [0, 0.05) is 5.92 Å². The number of Topliss-reactive ketones (excluding diaryl/α,β-unsaturated/α-hetero) is 1. The van der Waals surface area contributed by atoms with Gasteiger partial charge in [0.05, 0.1) is 29.1 Å². The van der Waals surface area contributed by atoms with Gasteiger partial charge < -0.3 is 19.3 Å². The first-order valence-electron chi connectivity index (χ1n) is 15.4. The number of rotatable bonds is 3. The maximum Gasteiger partial charge on any atom is 0.342 e. The Kier molecular flexibility index (Phi) is 6.77. The molecule has 230 valence electrons. The van der Waals surface area contributed by atoms with Crippen LogP contribution in [-0.4, -0.2) is 56.8 Å². The van der Waals surface area contributed by atoms with Crippen molar-refractivity contribution in [2.75, 3.05) is 6.61 Å². The Hall–Kier alpha value is -3.07. The van der Waals surface area contributed by atoms with Gasteiger partial charge >= 0.3 is 5.97 Å². The molecule has 2 heterocycles. The molecule has 2 fully saturated rings. The minimum Gasteiger partial charge on any atom is -0.451 e. The number of carbonyl (C=O) groups is 2. The Balaban J connectivity index is 1.50. The third-order valence-corrected chi connectivity index (χ3v) is 11.0. The third-order valence-electron chi connectivity index (χ3n) is 11.0. The van der Waals surface area contributed by atoms with Crippen molar-refractivity contribution in [3.63, 3.8) is 0 Å². The molecule has 6 rings (SSSR count). The molecule has 1 aromatic carbocycles. The Morgan fingerprint density at radius 3 is 2.42 bits per heavy atom. The number of benzene rings is 1. The first-order chi connectivity index (χ1) is 20.1. The zero-order chi connectivity index (χ0) is 31.3. The summed E-state index contributed by atoms with van der Waals surface area (Å²) < 4.78 is 20.7. The smallest absolute Gasteiger partial charge is 0.342 e. The summed E-state index contributed by atoms with van der Waals surface area (Å²) in [6, 6.07) is 9.60. The topological polar surface area (TPSA) is 99.9 Å². The van der Waals surface area contributed by atoms with E-state index in [1.165, 1.54) is 0 Å². The van der Waals surface area contributed by atoms with Crippen LogP contribution in [0.25, 0.3) is 5.69 Å². The van der Waals surface area contributed by atoms with Gasteiger partial charge in [-0.1, -0.05) is 58.0 Å². The molecule has 0 radical (unpaired) electrons. The van der Waals surface area contributed by atoms with Gasteiger partial charge in [-0.05, 0) is 81.6 Å². The highest BCUT2D eigenvalue weighted by atomic mass is 16.7. The van der Waals surface area contributed by atoms with Crippen LogP contribution in [0, 0.1) is 42.4 Å². The molecule has 8 nitrogen and oxygen atoms in total. The normalized spacial score (nSPS) is 36.0. The number of aromatic nitrogens is 2. The van der Waals surface area contributed by atoms with E-state index < -0.39 is 40.9 Å². The molecule has 1 aromatic heterocycles. The van der Waals surface area contributed by atoms with E-state index in [-0.39, 0.29) is 29.6 Å². The number of hydrogen-bond donors (Lipinski definition) is 1. The van der Waals surface area contributed by atoms with E-state index in [0.29, 0.717) is 28.1 Å². The highest BCUT2D eigenvalue weighted by Crippen LogP contribution is 2.64. The van der Waals surface area contributed by atoms with E-state index in [9.17, 15) is 14.7 Å². The molecular formula is C35H44N2O6. The van der Waals surface area contributed by atoms with Crippen molar-refractivity contribution in [2.24, 2.45) is 28.6 Å². The molecule has 2 bridgehead atoms. The van der Waals surface area contributed by atoms with Crippen LogP contribution in [0.15, 0.2) is 53.6 Å². The highest BCUT2D eigenvalue weighted by molar-refractivity contribution is 5.96. The van der Waals surface area contributed by atoms with Gasteiger partial charge in [-0.25, -0.2) is 9.48 Å². The van der Waals surface area contributed by atoms with E-state index >= 15 is 0 Å². The maximum absolute atomic E-state index is 14.9. The maximum atomic E-state index is 14.9. The predicted molar refractivity (Wildman–Crippen MR) is 162 cm³/mol. The van der Waals surface area contributed by atoms with Gasteiger partial charge in [-0.3, -0.25) is 4.79 Å². The summed E-state index contributed by atoms with van der Waals surface area (Å²) in [5.74, 6) is -2.19. The number of aryl methyl sites for hydroxylation is 1. The van der Waals surface area contributed by atoms with Gasteiger partial charge in [0.1, 0.15) is 11.7 Å². The second-order valence-corrected chi connectivity index (χ2v) is 14.3. The van der Waals surface area contributed by atoms with Crippen LogP contribution in [-0.2, 0) is 19.0 Å². The summed E-state index contributed by atoms with van der Waals surface area (Å²) in [5.41, 5.74) is 0.0846. The fourth-order valence-electron chi connectivity index (χ4n) is 8.29. The van der Waals surface area contributed by atoms with Crippen molar-refractivity contribution >= 4 is 11.8 Å². The van der Waals surface area contributed by atoms with Gasteiger partial charge in [0.2, 0.25) is 0 Å². The van der Waals surface area contributed by atoms with Crippen molar-refractivity contribution in [3.05, 3.63) is 70.6 Å². The molecule has 8 heteroatoms. The fourth-order valence-corrected chi connectivity index (χ4v) is 8.29. The molecular weight excluding hydrogens is 544 g/mol. The Bertz CT molecular complexity index is 1550. The predicted octanol–water partition coefficient (Wildman–Crippen LogP) is 5.67. The Morgan fingerprint density at radius 2 is 1.74 bits per heavy atom. The number of nitrogens with zero attached hydrogens (tertiary/aromatic N) is 2. The summed E-state index contributed by atoms with van der Waals surface area (Å²) >= 11 is 0. The lowest BCUT2D eigenvalue weighted by Gasteiger charge is -2.52. The first kappa shape index (κ1) is 30.0. The molecule has 1 N–H and O–H groups in total. The van der Waals surface area contributed by atoms with Gasteiger partial charge in [-0.2, -0.15) is 5.10 Å². The summed E-state index contributed by atoms with van der Waals surface area (Å²) in [7, 11) is 0. The van der Waals surface area contributed by atoms with Gasteiger partial charge in [-0.15, -0.1) is 0 Å². The van der Waals surface area contributed by atoms with Crippen LogP contribution in [0.5, 0.6) is 0 Å². The second-order valence-electron chi connectivity index (χ2n) is 14.3. The summed E-state index contributed by atoms with van der Waals surface area (Å²) in [5, 5.41) is 17.9. The number of ketones is 1. The average Bonchev–Trinajstić information content (AvgIpc) is 3.32. The van der Waals surface area contributed by atoms with E-state index in [1.54, 1.807) is 25.5 Å². The standard InChI is InChI=1S/C35H44N2O6/c1-19-17-34-21(3)15-20(2)32(6,7)26(28(34)38)16-24-18-41-33(8,9)43-30(24)35(34,40)29(19)42-31(39)27-22(4)36-37(23(27)5)25-13-11-10-12-14-25/h10-14,16-17,20-21,26,29-30,40H,15,18H2,1-9H3/t20-,21?,26+,29-,30+,34?,35+/m0/s1. The van der Waals surface area contributed by atoms with Crippen LogP contribution < -0.4 is 0 Å².